The molecule has 0 amide bonds. The number of hydrogen-bond donors (Lipinski definition) is 3. The highest BCUT2D eigenvalue weighted by molar-refractivity contribution is 5.93. The van der Waals surface area contributed by atoms with Gasteiger partial charge in [0.1, 0.15) is 42.6 Å². The van der Waals surface area contributed by atoms with Crippen molar-refractivity contribution < 1.29 is 58.2 Å². The van der Waals surface area contributed by atoms with Crippen molar-refractivity contribution in [2.24, 2.45) is 0 Å². The number of fused-ring (bicyclic) bond motifs is 3. The van der Waals surface area contributed by atoms with Crippen LogP contribution in [0.15, 0.2) is 159 Å². The second kappa shape index (κ2) is 20.3. The molecular weight excluding hydrogens is 841 g/mol. The molecule has 0 heterocycles. The fourth-order valence-electron chi connectivity index (χ4n) is 8.26. The molecule has 3 N–H and O–H groups in total. The molecule has 6 aromatic rings. The normalized spacial score (nSPS) is 13.0. The first-order valence-corrected chi connectivity index (χ1v) is 21.2. The van der Waals surface area contributed by atoms with Crippen LogP contribution in [0.5, 0.6) is 17.2 Å². The van der Waals surface area contributed by atoms with Gasteiger partial charge < -0.3 is 39.0 Å². The Morgan fingerprint density at radius 2 is 1.03 bits per heavy atom. The molecule has 12 heteroatoms. The molecular formula is C54H48O12. The molecule has 2 unspecified atom stereocenters. The Morgan fingerprint density at radius 3 is 1.52 bits per heavy atom. The quantitative estimate of drug-likeness (QED) is 0.0490. The van der Waals surface area contributed by atoms with Crippen molar-refractivity contribution >= 4 is 23.9 Å². The number of carbonyl (C=O) groups is 4. The number of carboxylic acid groups (broad SMARTS) is 2. The third-order valence-electron chi connectivity index (χ3n) is 11.4. The van der Waals surface area contributed by atoms with Gasteiger partial charge in [0.05, 0.1) is 17.6 Å². The standard InChI is InChI=1S/C54H48O12/c1-5-50(56)65-40(29-55)30-62-38-21-17-36(18-22-38)54(47-13-9-7-11-42(47)43-12-8-10-14-48(43)54)37-19-23-39(24-20-37)63-31-41(66-51(57)6-2)32-64-49-28-35(16-26-45(49)53(60)61)34-15-25-44(52(58)59)46(27-34)33(3)4/h5-28,33,40-41,55H,1-2,29-32H2,3-4H3,(H,58,59)(H,60,61). The lowest BCUT2D eigenvalue weighted by molar-refractivity contribution is -0.147. The van der Waals surface area contributed by atoms with Crippen LogP contribution in [-0.2, 0) is 24.5 Å². The van der Waals surface area contributed by atoms with E-state index in [9.17, 15) is 34.5 Å². The van der Waals surface area contributed by atoms with E-state index < -0.39 is 48.1 Å². The average Bonchev–Trinajstić information content (AvgIpc) is 3.64. The Labute approximate surface area is 381 Å². The lowest BCUT2D eigenvalue weighted by atomic mass is 9.68. The van der Waals surface area contributed by atoms with Crippen LogP contribution in [0, 0.1) is 0 Å². The fourth-order valence-corrected chi connectivity index (χ4v) is 8.26. The van der Waals surface area contributed by atoms with E-state index >= 15 is 0 Å². The maximum absolute atomic E-state index is 12.5. The highest BCUT2D eigenvalue weighted by Gasteiger charge is 2.46. The number of hydrogen-bond acceptors (Lipinski definition) is 10. The van der Waals surface area contributed by atoms with E-state index in [1.807, 2.05) is 86.6 Å². The van der Waals surface area contributed by atoms with Crippen molar-refractivity contribution in [3.05, 3.63) is 198 Å². The number of aliphatic hydroxyl groups excluding tert-OH is 1. The summed E-state index contributed by atoms with van der Waals surface area (Å²) >= 11 is 0. The Hall–Kier alpha value is -7.96. The summed E-state index contributed by atoms with van der Waals surface area (Å²) in [5, 5.41) is 29.5. The van der Waals surface area contributed by atoms with Gasteiger partial charge in [-0.3, -0.25) is 0 Å². The van der Waals surface area contributed by atoms with Crippen LogP contribution in [0.2, 0.25) is 0 Å². The van der Waals surface area contributed by atoms with Crippen molar-refractivity contribution in [3.8, 4) is 39.5 Å². The van der Waals surface area contributed by atoms with Gasteiger partial charge in [0.25, 0.3) is 0 Å². The van der Waals surface area contributed by atoms with E-state index in [4.69, 9.17) is 23.7 Å². The summed E-state index contributed by atoms with van der Waals surface area (Å²) < 4.78 is 29.0. The largest absolute Gasteiger partial charge is 0.490 e. The van der Waals surface area contributed by atoms with E-state index in [0.29, 0.717) is 28.2 Å². The van der Waals surface area contributed by atoms with Crippen molar-refractivity contribution in [2.75, 3.05) is 26.4 Å². The number of carbonyl (C=O) groups excluding carboxylic acids is 2. The predicted octanol–water partition coefficient (Wildman–Crippen LogP) is 9.26. The first-order chi connectivity index (χ1) is 31.9. The molecule has 336 valence electrons. The van der Waals surface area contributed by atoms with Crippen LogP contribution in [0.25, 0.3) is 22.3 Å². The first-order valence-electron chi connectivity index (χ1n) is 21.2. The van der Waals surface area contributed by atoms with Gasteiger partial charge in [0, 0.05) is 12.2 Å². The van der Waals surface area contributed by atoms with Gasteiger partial charge in [-0.05, 0) is 98.5 Å². The molecule has 0 aromatic heterocycles. The summed E-state index contributed by atoms with van der Waals surface area (Å²) in [6, 6.07) is 41.3. The molecule has 6 aromatic carbocycles. The van der Waals surface area contributed by atoms with Gasteiger partial charge in [-0.15, -0.1) is 0 Å². The molecule has 0 saturated carbocycles. The van der Waals surface area contributed by atoms with Crippen LogP contribution < -0.4 is 14.2 Å². The summed E-state index contributed by atoms with van der Waals surface area (Å²) in [5.41, 5.74) is 7.39. The molecule has 0 aliphatic heterocycles. The molecule has 0 spiro atoms. The van der Waals surface area contributed by atoms with Crippen LogP contribution in [0.4, 0.5) is 0 Å². The van der Waals surface area contributed by atoms with Gasteiger partial charge in [-0.2, -0.15) is 0 Å². The average molecular weight is 889 g/mol. The van der Waals surface area contributed by atoms with Gasteiger partial charge >= 0.3 is 23.9 Å². The van der Waals surface area contributed by atoms with E-state index in [0.717, 1.165) is 45.5 Å². The third kappa shape index (κ3) is 9.59. The lowest BCUT2D eigenvalue weighted by Gasteiger charge is -2.34. The molecule has 7 rings (SSSR count). The minimum absolute atomic E-state index is 0.0165. The minimum atomic E-state index is -1.23. The number of ether oxygens (including phenoxy) is 5. The van der Waals surface area contributed by atoms with Crippen LogP contribution in [-0.4, -0.2) is 77.8 Å². The van der Waals surface area contributed by atoms with Crippen molar-refractivity contribution in [1.29, 1.82) is 0 Å². The number of aromatic carboxylic acids is 2. The fraction of sp³-hybridized carbons (Fsp3) is 0.185. The maximum atomic E-state index is 12.5. The zero-order chi connectivity index (χ0) is 47.0. The summed E-state index contributed by atoms with van der Waals surface area (Å²) in [6.45, 7) is 9.79. The highest BCUT2D eigenvalue weighted by atomic mass is 16.6. The Kier molecular flexibility index (Phi) is 14.1. The summed E-state index contributed by atoms with van der Waals surface area (Å²) in [5.74, 6) is -2.75. The Morgan fingerprint density at radius 1 is 0.576 bits per heavy atom. The molecule has 1 aliphatic rings. The number of aliphatic hydroxyl groups is 1. The monoisotopic (exact) mass is 888 g/mol. The molecule has 0 saturated heterocycles. The van der Waals surface area contributed by atoms with E-state index in [2.05, 4.69) is 37.4 Å². The van der Waals surface area contributed by atoms with Gasteiger partial charge in [-0.25, -0.2) is 19.2 Å². The lowest BCUT2D eigenvalue weighted by Crippen LogP contribution is -2.31. The number of rotatable bonds is 20. The molecule has 1 aliphatic carbocycles. The number of benzene rings is 6. The Bertz CT molecular complexity index is 2730. The van der Waals surface area contributed by atoms with E-state index in [1.165, 1.54) is 12.1 Å². The van der Waals surface area contributed by atoms with Crippen molar-refractivity contribution in [1.82, 2.24) is 0 Å². The summed E-state index contributed by atoms with van der Waals surface area (Å²) in [7, 11) is 0. The predicted molar refractivity (Wildman–Crippen MR) is 247 cm³/mol. The zero-order valence-electron chi connectivity index (χ0n) is 36.3. The maximum Gasteiger partial charge on any atom is 0.339 e. The van der Waals surface area contributed by atoms with Gasteiger partial charge in [0.2, 0.25) is 0 Å². The topological polar surface area (TPSA) is 175 Å². The first kappa shape index (κ1) is 46.0. The summed E-state index contributed by atoms with van der Waals surface area (Å²) in [4.78, 5) is 48.4. The van der Waals surface area contributed by atoms with Crippen LogP contribution >= 0.6 is 0 Å². The van der Waals surface area contributed by atoms with Gasteiger partial charge in [-0.1, -0.05) is 118 Å². The van der Waals surface area contributed by atoms with Crippen molar-refractivity contribution in [2.45, 2.75) is 37.4 Å². The van der Waals surface area contributed by atoms with Gasteiger partial charge in [0.15, 0.2) is 12.2 Å². The second-order valence-electron chi connectivity index (χ2n) is 15.8. The Balaban J connectivity index is 1.14. The molecule has 12 nitrogen and oxygen atoms in total. The van der Waals surface area contributed by atoms with E-state index in [1.54, 1.807) is 24.3 Å². The number of esters is 2. The van der Waals surface area contributed by atoms with E-state index in [-0.39, 0.29) is 42.6 Å². The molecule has 0 fully saturated rings. The van der Waals surface area contributed by atoms with Crippen LogP contribution in [0.1, 0.15) is 68.3 Å². The highest BCUT2D eigenvalue weighted by Crippen LogP contribution is 2.56. The SMILES string of the molecule is C=CC(=O)OC(CO)COc1ccc(C2(c3ccc(OCC(COc4cc(-c5ccc(C(=O)O)c(C(C)C)c5)ccc4C(=O)O)OC(=O)C=C)cc3)c3ccccc3-c3ccccc32)cc1. The molecule has 2 atom stereocenters. The smallest absolute Gasteiger partial charge is 0.339 e. The molecule has 66 heavy (non-hydrogen) atoms. The second-order valence-corrected chi connectivity index (χ2v) is 15.8. The minimum Gasteiger partial charge on any atom is -0.490 e. The molecule has 0 bridgehead atoms. The van der Waals surface area contributed by atoms with Crippen molar-refractivity contribution in [3.63, 3.8) is 0 Å². The summed E-state index contributed by atoms with van der Waals surface area (Å²) in [6.07, 6.45) is 0.177. The third-order valence-corrected chi connectivity index (χ3v) is 11.4. The number of carboxylic acids is 2. The zero-order valence-corrected chi connectivity index (χ0v) is 36.3. The van der Waals surface area contributed by atoms with Crippen LogP contribution in [0.3, 0.4) is 0 Å². The molecule has 0 radical (unpaired) electrons.